The maximum absolute atomic E-state index is 13.6. The van der Waals surface area contributed by atoms with Gasteiger partial charge in [0.05, 0.1) is 17.4 Å². The average molecular weight is 505 g/mol. The van der Waals surface area contributed by atoms with E-state index in [0.29, 0.717) is 13.0 Å². The second-order valence-corrected chi connectivity index (χ2v) is 11.1. The average Bonchev–Trinajstić information content (AvgIpc) is 3.32. The largest absolute Gasteiger partial charge is 0.455 e. The lowest BCUT2D eigenvalue weighted by Gasteiger charge is -2.36. The topological polar surface area (TPSA) is 84.0 Å². The Morgan fingerprint density at radius 3 is 2.33 bits per heavy atom. The quantitative estimate of drug-likeness (QED) is 0.477. The highest BCUT2D eigenvalue weighted by Gasteiger charge is 2.38. The van der Waals surface area contributed by atoms with Gasteiger partial charge in [0.25, 0.3) is 5.91 Å². The molecule has 2 heterocycles. The van der Waals surface area contributed by atoms with E-state index < -0.39 is 22.0 Å². The fourth-order valence-electron chi connectivity index (χ4n) is 5.01. The van der Waals surface area contributed by atoms with Crippen LogP contribution in [0.1, 0.15) is 34.7 Å². The predicted molar refractivity (Wildman–Crippen MR) is 136 cm³/mol. The molecule has 5 rings (SSSR count). The van der Waals surface area contributed by atoms with Crippen molar-refractivity contribution in [2.24, 2.45) is 0 Å². The normalized spacial score (nSPS) is 17.4. The van der Waals surface area contributed by atoms with Crippen molar-refractivity contribution >= 4 is 27.6 Å². The number of sulfonamides is 1. The van der Waals surface area contributed by atoms with Crippen molar-refractivity contribution < 1.29 is 22.7 Å². The Hall–Kier alpha value is -3.49. The Kier molecular flexibility index (Phi) is 6.64. The molecule has 7 nitrogen and oxygen atoms in total. The number of para-hydroxylation sites is 1. The Balaban J connectivity index is 1.33. The van der Waals surface area contributed by atoms with Crippen molar-refractivity contribution in [2.75, 3.05) is 24.6 Å². The van der Waals surface area contributed by atoms with Crippen LogP contribution >= 0.6 is 0 Å². The van der Waals surface area contributed by atoms with Gasteiger partial charge in [0.1, 0.15) is 0 Å². The van der Waals surface area contributed by atoms with Crippen molar-refractivity contribution in [3.05, 3.63) is 95.1 Å². The van der Waals surface area contributed by atoms with E-state index in [4.69, 9.17) is 4.74 Å². The van der Waals surface area contributed by atoms with Crippen molar-refractivity contribution in [2.45, 2.75) is 37.1 Å². The molecule has 0 aliphatic carbocycles. The number of ether oxygens (including phenoxy) is 1. The molecular formula is C28H28N2O5S. The molecule has 8 heteroatoms. The highest BCUT2D eigenvalue weighted by atomic mass is 32.2. The number of benzene rings is 3. The molecule has 0 N–H and O–H groups in total. The summed E-state index contributed by atoms with van der Waals surface area (Å²) in [5.74, 6) is -0.900. The number of amides is 1. The lowest BCUT2D eigenvalue weighted by atomic mass is 9.92. The SMILES string of the molecule is Cc1ccc(S(=O)(=O)N2CCc3ccccc3[C@H]2CC(=O)OCC(=O)N2CCc3ccccc32)cc1. The fourth-order valence-corrected chi connectivity index (χ4v) is 6.61. The second kappa shape index (κ2) is 9.87. The number of aryl methyl sites for hydroxylation is 1. The molecule has 0 radical (unpaired) electrons. The number of fused-ring (bicyclic) bond motifs is 2. The minimum absolute atomic E-state index is 0.175. The van der Waals surface area contributed by atoms with Gasteiger partial charge in [-0.3, -0.25) is 9.59 Å². The van der Waals surface area contributed by atoms with Crippen LogP contribution in [0.3, 0.4) is 0 Å². The number of rotatable bonds is 6. The van der Waals surface area contributed by atoms with Crippen LogP contribution < -0.4 is 4.90 Å². The molecule has 2 aliphatic rings. The Bertz CT molecular complexity index is 1400. The summed E-state index contributed by atoms with van der Waals surface area (Å²) in [4.78, 5) is 27.5. The van der Waals surface area contributed by atoms with Gasteiger partial charge >= 0.3 is 5.97 Å². The van der Waals surface area contributed by atoms with E-state index in [1.54, 1.807) is 29.2 Å². The zero-order valence-corrected chi connectivity index (χ0v) is 20.9. The minimum atomic E-state index is -3.84. The van der Waals surface area contributed by atoms with E-state index in [1.165, 1.54) is 4.31 Å². The van der Waals surface area contributed by atoms with E-state index in [0.717, 1.165) is 34.4 Å². The summed E-state index contributed by atoms with van der Waals surface area (Å²) >= 11 is 0. The van der Waals surface area contributed by atoms with Gasteiger partial charge in [-0.1, -0.05) is 60.2 Å². The number of carbonyl (C=O) groups is 2. The van der Waals surface area contributed by atoms with Gasteiger partial charge in [-0.05, 0) is 54.7 Å². The van der Waals surface area contributed by atoms with E-state index in [2.05, 4.69) is 0 Å². The monoisotopic (exact) mass is 504 g/mol. The van der Waals surface area contributed by atoms with Crippen LogP contribution in [0.5, 0.6) is 0 Å². The zero-order chi connectivity index (χ0) is 25.3. The molecule has 0 saturated carbocycles. The van der Waals surface area contributed by atoms with Gasteiger partial charge in [0.2, 0.25) is 10.0 Å². The van der Waals surface area contributed by atoms with Crippen LogP contribution in [0.4, 0.5) is 5.69 Å². The summed E-state index contributed by atoms with van der Waals surface area (Å²) in [6, 6.07) is 21.2. The molecule has 0 saturated heterocycles. The molecule has 2 aliphatic heterocycles. The van der Waals surface area contributed by atoms with Crippen LogP contribution in [0.15, 0.2) is 77.7 Å². The lowest BCUT2D eigenvalue weighted by Crippen LogP contribution is -2.41. The number of anilines is 1. The number of hydrogen-bond donors (Lipinski definition) is 0. The summed E-state index contributed by atoms with van der Waals surface area (Å²) in [6.07, 6.45) is 1.15. The van der Waals surface area contributed by atoms with Crippen LogP contribution in [0, 0.1) is 6.92 Å². The number of carbonyl (C=O) groups excluding carboxylic acids is 2. The van der Waals surface area contributed by atoms with Crippen LogP contribution in [-0.2, 0) is 37.2 Å². The third-order valence-electron chi connectivity index (χ3n) is 6.90. The zero-order valence-electron chi connectivity index (χ0n) is 20.1. The predicted octanol–water partition coefficient (Wildman–Crippen LogP) is 3.81. The van der Waals surface area contributed by atoms with E-state index in [9.17, 15) is 18.0 Å². The molecule has 1 amide bonds. The van der Waals surface area contributed by atoms with E-state index in [1.807, 2.05) is 55.5 Å². The first kappa shape index (κ1) is 24.2. The summed E-state index contributed by atoms with van der Waals surface area (Å²) in [5.41, 5.74) is 4.69. The molecule has 0 bridgehead atoms. The van der Waals surface area contributed by atoms with Crippen LogP contribution in [-0.4, -0.2) is 44.3 Å². The maximum atomic E-state index is 13.6. The van der Waals surface area contributed by atoms with Crippen LogP contribution in [0.2, 0.25) is 0 Å². The van der Waals surface area contributed by atoms with Crippen molar-refractivity contribution in [1.82, 2.24) is 4.31 Å². The van der Waals surface area contributed by atoms with E-state index >= 15 is 0 Å². The second-order valence-electron chi connectivity index (χ2n) is 9.18. The molecule has 3 aromatic rings. The van der Waals surface area contributed by atoms with Gasteiger partial charge < -0.3 is 9.64 Å². The fraction of sp³-hybridized carbons (Fsp3) is 0.286. The molecule has 1 atom stereocenters. The third-order valence-corrected chi connectivity index (χ3v) is 8.82. The van der Waals surface area contributed by atoms with Crippen molar-refractivity contribution in [1.29, 1.82) is 0 Å². The summed E-state index contributed by atoms with van der Waals surface area (Å²) in [5, 5.41) is 0. The number of esters is 1. The smallest absolute Gasteiger partial charge is 0.308 e. The van der Waals surface area contributed by atoms with Gasteiger partial charge in [-0.2, -0.15) is 4.31 Å². The number of hydrogen-bond acceptors (Lipinski definition) is 5. The van der Waals surface area contributed by atoms with Gasteiger partial charge in [0.15, 0.2) is 6.61 Å². The summed E-state index contributed by atoms with van der Waals surface area (Å²) in [6.45, 7) is 2.32. The minimum Gasteiger partial charge on any atom is -0.455 e. The first-order valence-electron chi connectivity index (χ1n) is 12.0. The molecule has 0 spiro atoms. The van der Waals surface area contributed by atoms with Gasteiger partial charge in [0, 0.05) is 18.8 Å². The molecular weight excluding hydrogens is 476 g/mol. The first-order chi connectivity index (χ1) is 17.3. The first-order valence-corrected chi connectivity index (χ1v) is 13.5. The Morgan fingerprint density at radius 2 is 1.56 bits per heavy atom. The van der Waals surface area contributed by atoms with Gasteiger partial charge in [-0.15, -0.1) is 0 Å². The molecule has 186 valence electrons. The molecule has 0 aromatic heterocycles. The Morgan fingerprint density at radius 1 is 0.889 bits per heavy atom. The summed E-state index contributed by atoms with van der Waals surface area (Å²) < 4.78 is 33.9. The maximum Gasteiger partial charge on any atom is 0.308 e. The van der Waals surface area contributed by atoms with E-state index in [-0.39, 0.29) is 30.4 Å². The standard InChI is InChI=1S/C28H28N2O5S/c1-20-10-12-23(13-11-20)36(33,34)30-17-15-21-6-2-4-8-24(21)26(30)18-28(32)35-19-27(31)29-16-14-22-7-3-5-9-25(22)29/h2-13,26H,14-19H2,1H3/t26-/m1/s1. The highest BCUT2D eigenvalue weighted by Crippen LogP contribution is 2.36. The lowest BCUT2D eigenvalue weighted by molar-refractivity contribution is -0.148. The molecule has 0 unspecified atom stereocenters. The number of nitrogens with zero attached hydrogens (tertiary/aromatic N) is 2. The molecule has 3 aromatic carbocycles. The molecule has 36 heavy (non-hydrogen) atoms. The Labute approximate surface area is 211 Å². The highest BCUT2D eigenvalue weighted by molar-refractivity contribution is 7.89. The third kappa shape index (κ3) is 4.66. The molecule has 0 fully saturated rings. The van der Waals surface area contributed by atoms with Gasteiger partial charge in [-0.25, -0.2) is 8.42 Å². The van der Waals surface area contributed by atoms with Crippen molar-refractivity contribution in [3.8, 4) is 0 Å². The summed E-state index contributed by atoms with van der Waals surface area (Å²) in [7, 11) is -3.84. The van der Waals surface area contributed by atoms with Crippen LogP contribution in [0.25, 0.3) is 0 Å². The van der Waals surface area contributed by atoms with Crippen molar-refractivity contribution in [3.63, 3.8) is 0 Å².